The Morgan fingerprint density at radius 1 is 1.36 bits per heavy atom. The molecule has 4 heteroatoms. The first-order valence-electron chi connectivity index (χ1n) is 7.75. The van der Waals surface area contributed by atoms with E-state index in [0.717, 1.165) is 19.4 Å². The van der Waals surface area contributed by atoms with Gasteiger partial charge in [0, 0.05) is 0 Å². The Morgan fingerprint density at radius 3 is 2.95 bits per heavy atom. The van der Waals surface area contributed by atoms with Gasteiger partial charge >= 0.3 is 0 Å². The number of benzene rings is 1. The quantitative estimate of drug-likeness (QED) is 0.849. The molecule has 0 fully saturated rings. The molecule has 1 aromatic carbocycles. The highest BCUT2D eigenvalue weighted by molar-refractivity contribution is 7.07. The third-order valence-electron chi connectivity index (χ3n) is 4.60. The second-order valence-electron chi connectivity index (χ2n) is 6.04. The second kappa shape index (κ2) is 8.00. The summed E-state index contributed by atoms with van der Waals surface area (Å²) in [5.74, 6) is 1.62. The van der Waals surface area contributed by atoms with Crippen LogP contribution in [0, 0.1) is 5.92 Å². The third kappa shape index (κ3) is 3.83. The molecule has 0 bridgehead atoms. The highest BCUT2D eigenvalue weighted by Crippen LogP contribution is 2.39. The van der Waals surface area contributed by atoms with Crippen molar-refractivity contribution in [3.8, 4) is 5.75 Å². The summed E-state index contributed by atoms with van der Waals surface area (Å²) in [6.45, 7) is 1.04. The van der Waals surface area contributed by atoms with Gasteiger partial charge in [0.25, 0.3) is 0 Å². The Hall–Kier alpha value is -1.03. The van der Waals surface area contributed by atoms with Gasteiger partial charge in [-0.2, -0.15) is 11.3 Å². The largest absolute Gasteiger partial charge is 0.508 e. The lowest BCUT2D eigenvalue weighted by Gasteiger charge is -2.32. The molecule has 0 saturated heterocycles. The monoisotopic (exact) mass is 337 g/mol. The van der Waals surface area contributed by atoms with Crippen molar-refractivity contribution in [3.63, 3.8) is 0 Å². The number of thiophene rings is 1. The molecule has 0 amide bonds. The molecule has 2 aromatic rings. The predicted octanol–water partition coefficient (Wildman–Crippen LogP) is 4.37. The fraction of sp³-hybridized carbons (Fsp3) is 0.444. The molecular weight excluding hydrogens is 314 g/mol. The number of phenolic OH excluding ortho intramolecular Hbond substituents is 1. The van der Waals surface area contributed by atoms with E-state index in [1.807, 2.05) is 19.2 Å². The Bertz CT molecular complexity index is 585. The molecule has 0 radical (unpaired) electrons. The number of nitrogens with one attached hydrogen (secondary N) is 1. The van der Waals surface area contributed by atoms with E-state index < -0.39 is 0 Å². The van der Waals surface area contributed by atoms with E-state index in [9.17, 15) is 5.11 Å². The molecule has 0 saturated carbocycles. The van der Waals surface area contributed by atoms with Crippen molar-refractivity contribution in [2.45, 2.75) is 31.6 Å². The van der Waals surface area contributed by atoms with Crippen molar-refractivity contribution in [1.82, 2.24) is 5.32 Å². The summed E-state index contributed by atoms with van der Waals surface area (Å²) in [5, 5.41) is 17.5. The number of hydrogen-bond acceptors (Lipinski definition) is 3. The van der Waals surface area contributed by atoms with Crippen molar-refractivity contribution in [1.29, 1.82) is 0 Å². The number of phenols is 1. The molecule has 1 aliphatic rings. The zero-order valence-electron chi connectivity index (χ0n) is 12.9. The first-order chi connectivity index (χ1) is 10.3. The Labute approximate surface area is 143 Å². The molecule has 0 aliphatic heterocycles. The lowest BCUT2D eigenvalue weighted by atomic mass is 9.74. The third-order valence-corrected chi connectivity index (χ3v) is 5.33. The molecule has 1 aliphatic carbocycles. The molecule has 3 rings (SSSR count). The highest BCUT2D eigenvalue weighted by Gasteiger charge is 2.28. The molecule has 2 nitrogen and oxygen atoms in total. The van der Waals surface area contributed by atoms with Gasteiger partial charge in [0.1, 0.15) is 5.75 Å². The van der Waals surface area contributed by atoms with Crippen LogP contribution in [0.3, 0.4) is 0 Å². The summed E-state index contributed by atoms with van der Waals surface area (Å²) in [6.07, 6.45) is 4.72. The fourth-order valence-electron chi connectivity index (χ4n) is 3.66. The van der Waals surface area contributed by atoms with Crippen LogP contribution in [0.15, 0.2) is 35.0 Å². The summed E-state index contributed by atoms with van der Waals surface area (Å²) in [6, 6.07) is 8.19. The molecule has 1 heterocycles. The van der Waals surface area contributed by atoms with Gasteiger partial charge in [0.05, 0.1) is 0 Å². The van der Waals surface area contributed by atoms with Gasteiger partial charge < -0.3 is 10.4 Å². The van der Waals surface area contributed by atoms with Crippen molar-refractivity contribution in [2.24, 2.45) is 5.92 Å². The van der Waals surface area contributed by atoms with E-state index in [-0.39, 0.29) is 12.4 Å². The van der Waals surface area contributed by atoms with E-state index in [0.29, 0.717) is 17.6 Å². The van der Waals surface area contributed by atoms with Gasteiger partial charge in [-0.15, -0.1) is 12.4 Å². The van der Waals surface area contributed by atoms with Crippen LogP contribution in [-0.2, 0) is 12.8 Å². The van der Waals surface area contributed by atoms with E-state index in [2.05, 4.69) is 28.2 Å². The number of aromatic hydroxyl groups is 1. The maximum absolute atomic E-state index is 9.71. The topological polar surface area (TPSA) is 32.3 Å². The van der Waals surface area contributed by atoms with Crippen LogP contribution in [0.2, 0.25) is 0 Å². The normalized spacial score (nSPS) is 18.3. The minimum Gasteiger partial charge on any atom is -0.508 e. The smallest absolute Gasteiger partial charge is 0.115 e. The minimum atomic E-state index is 0. The molecule has 2 atom stereocenters. The van der Waals surface area contributed by atoms with Crippen LogP contribution in [0.25, 0.3) is 0 Å². The predicted molar refractivity (Wildman–Crippen MR) is 96.5 cm³/mol. The standard InChI is InChI=1S/C18H23NOS.ClH/c1-19-11-15(9-13-7-8-21-12-13)17-4-2-3-14-10-16(20)5-6-18(14)17;/h5-8,10,12,15,17,19-20H,2-4,9,11H2,1H3;1H. The highest BCUT2D eigenvalue weighted by atomic mass is 35.5. The molecule has 22 heavy (non-hydrogen) atoms. The van der Waals surface area contributed by atoms with Crippen molar-refractivity contribution < 1.29 is 5.11 Å². The van der Waals surface area contributed by atoms with Gasteiger partial charge in [-0.3, -0.25) is 0 Å². The number of rotatable bonds is 5. The second-order valence-corrected chi connectivity index (χ2v) is 6.82. The van der Waals surface area contributed by atoms with Crippen LogP contribution in [0.5, 0.6) is 5.75 Å². The molecular formula is C18H24ClNOS. The van der Waals surface area contributed by atoms with Gasteiger partial charge in [-0.05, 0) is 96.8 Å². The summed E-state index contributed by atoms with van der Waals surface area (Å²) < 4.78 is 0. The fourth-order valence-corrected chi connectivity index (χ4v) is 4.34. The average molecular weight is 338 g/mol. The zero-order chi connectivity index (χ0) is 14.7. The number of aryl methyl sites for hydroxylation is 1. The van der Waals surface area contributed by atoms with E-state index >= 15 is 0 Å². The molecule has 120 valence electrons. The van der Waals surface area contributed by atoms with Crippen molar-refractivity contribution in [2.75, 3.05) is 13.6 Å². The first kappa shape index (κ1) is 17.3. The summed E-state index contributed by atoms with van der Waals surface area (Å²) in [7, 11) is 2.04. The molecule has 2 N–H and O–H groups in total. The molecule has 2 unspecified atom stereocenters. The van der Waals surface area contributed by atoms with Gasteiger partial charge in [-0.1, -0.05) is 6.07 Å². The maximum atomic E-state index is 9.71. The summed E-state index contributed by atoms with van der Waals surface area (Å²) >= 11 is 1.78. The van der Waals surface area contributed by atoms with Crippen LogP contribution < -0.4 is 5.32 Å². The minimum absolute atomic E-state index is 0. The Kier molecular flexibility index (Phi) is 6.30. The van der Waals surface area contributed by atoms with Crippen molar-refractivity contribution >= 4 is 23.7 Å². The molecule has 0 spiro atoms. The molecule has 1 aromatic heterocycles. The Balaban J connectivity index is 0.00000176. The summed E-state index contributed by atoms with van der Waals surface area (Å²) in [5.41, 5.74) is 4.25. The maximum Gasteiger partial charge on any atom is 0.115 e. The van der Waals surface area contributed by atoms with E-state index in [4.69, 9.17) is 0 Å². The zero-order valence-corrected chi connectivity index (χ0v) is 14.6. The number of hydrogen-bond donors (Lipinski definition) is 2. The van der Waals surface area contributed by atoms with Gasteiger partial charge in [0.15, 0.2) is 0 Å². The van der Waals surface area contributed by atoms with E-state index in [1.165, 1.54) is 29.5 Å². The number of halogens is 1. The Morgan fingerprint density at radius 2 is 2.23 bits per heavy atom. The summed E-state index contributed by atoms with van der Waals surface area (Å²) in [4.78, 5) is 0. The van der Waals surface area contributed by atoms with Crippen LogP contribution >= 0.6 is 23.7 Å². The van der Waals surface area contributed by atoms with Gasteiger partial charge in [0.2, 0.25) is 0 Å². The SMILES string of the molecule is CNCC(Cc1ccsc1)C1CCCc2cc(O)ccc21.Cl. The lowest BCUT2D eigenvalue weighted by molar-refractivity contribution is 0.365. The number of fused-ring (bicyclic) bond motifs is 1. The van der Waals surface area contributed by atoms with Crippen LogP contribution in [0.4, 0.5) is 0 Å². The van der Waals surface area contributed by atoms with Crippen molar-refractivity contribution in [3.05, 3.63) is 51.7 Å². The van der Waals surface area contributed by atoms with Gasteiger partial charge in [-0.25, -0.2) is 0 Å². The van der Waals surface area contributed by atoms with E-state index in [1.54, 1.807) is 11.3 Å². The van der Waals surface area contributed by atoms with Crippen LogP contribution in [-0.4, -0.2) is 18.7 Å². The van der Waals surface area contributed by atoms with Crippen LogP contribution in [0.1, 0.15) is 35.4 Å². The first-order valence-corrected chi connectivity index (χ1v) is 8.69. The average Bonchev–Trinajstić information content (AvgIpc) is 2.99. The lowest BCUT2D eigenvalue weighted by Crippen LogP contribution is -2.28.